The van der Waals surface area contributed by atoms with Gasteiger partial charge in [-0.3, -0.25) is 0 Å². The molecule has 5 heteroatoms. The van der Waals surface area contributed by atoms with Crippen molar-refractivity contribution in [1.82, 2.24) is 0 Å². The van der Waals surface area contributed by atoms with Crippen molar-refractivity contribution in [2.24, 2.45) is 5.16 Å². The van der Waals surface area contributed by atoms with E-state index in [1.54, 1.807) is 13.8 Å². The monoisotopic (exact) mass is 191 g/mol. The van der Waals surface area contributed by atoms with Crippen LogP contribution in [0.25, 0.3) is 0 Å². The molecule has 0 heterocycles. The third-order valence-electron chi connectivity index (χ3n) is 1.21. The molecule has 0 saturated carbocycles. The van der Waals surface area contributed by atoms with Crippen LogP contribution in [-0.2, 0) is 13.9 Å². The van der Waals surface area contributed by atoms with Crippen LogP contribution in [0.3, 0.4) is 0 Å². The second-order valence-electron chi connectivity index (χ2n) is 2.08. The topological polar surface area (TPSA) is 47.9 Å². The van der Waals surface area contributed by atoms with Gasteiger partial charge in [0, 0.05) is 6.08 Å². The minimum Gasteiger partial charge on any atom is -0.399 e. The molecule has 0 aromatic heterocycles. The Labute approximate surface area is 76.0 Å². The van der Waals surface area contributed by atoms with Crippen LogP contribution in [0.4, 0.5) is 0 Å². The van der Waals surface area contributed by atoms with E-state index in [0.29, 0.717) is 11.3 Å². The largest absolute Gasteiger partial charge is 0.399 e. The smallest absolute Gasteiger partial charge is 0.349 e. The number of hydrogen-bond acceptors (Lipinski definition) is 4. The first-order valence-electron chi connectivity index (χ1n) is 3.20. The van der Waals surface area contributed by atoms with E-state index in [2.05, 4.69) is 14.3 Å². The molecule has 0 aliphatic heterocycles. The van der Waals surface area contributed by atoms with Crippen molar-refractivity contribution in [3.05, 3.63) is 11.6 Å². The van der Waals surface area contributed by atoms with Gasteiger partial charge in [-0.1, -0.05) is 5.16 Å². The highest BCUT2D eigenvalue weighted by Gasteiger charge is 2.00. The van der Waals surface area contributed by atoms with Crippen LogP contribution < -0.4 is 0 Å². The first-order valence-corrected chi connectivity index (χ1v) is 3.51. The number of carbonyl (C=O) groups excluding carboxylic acids is 1. The average Bonchev–Trinajstić information content (AvgIpc) is 2.04. The number of carbonyl (C=O) groups is 1. The van der Waals surface area contributed by atoms with Gasteiger partial charge in [-0.15, -0.1) is 0 Å². The van der Waals surface area contributed by atoms with Crippen molar-refractivity contribution < 1.29 is 13.9 Å². The van der Waals surface area contributed by atoms with Gasteiger partial charge in [0.05, 0.1) is 5.71 Å². The molecule has 0 saturated heterocycles. The summed E-state index contributed by atoms with van der Waals surface area (Å²) in [6, 6.07) is 0. The predicted octanol–water partition coefficient (Wildman–Crippen LogP) is 1.65. The lowest BCUT2D eigenvalue weighted by molar-refractivity contribution is -0.128. The molecule has 0 aromatic carbocycles. The molecule has 0 fully saturated rings. The number of allylic oxidation sites excluding steroid dienone is 1. The van der Waals surface area contributed by atoms with Gasteiger partial charge in [0.15, 0.2) is 0 Å². The molecule has 0 aromatic rings. The van der Waals surface area contributed by atoms with Gasteiger partial charge in [-0.2, -0.15) is 0 Å². The fourth-order valence-corrected chi connectivity index (χ4v) is 0.557. The van der Waals surface area contributed by atoms with E-state index in [0.717, 1.165) is 0 Å². The molecule has 0 bridgehead atoms. The van der Waals surface area contributed by atoms with Gasteiger partial charge in [-0.25, -0.2) is 4.79 Å². The summed E-state index contributed by atoms with van der Waals surface area (Å²) in [7, 11) is 1.43. The maximum Gasteiger partial charge on any atom is 0.349 e. The van der Waals surface area contributed by atoms with Crippen LogP contribution in [-0.4, -0.2) is 18.8 Å². The first kappa shape index (κ1) is 11.0. The van der Waals surface area contributed by atoms with E-state index in [1.807, 2.05) is 0 Å². The molecular weight excluding hydrogens is 182 g/mol. The standard InChI is InChI=1S/C7H10ClNO3/c1-5(4-7(10)12-8)6(2)9-11-3/h4H,1-3H3/b5-4+,9-6+. The summed E-state index contributed by atoms with van der Waals surface area (Å²) in [5.74, 6) is -0.625. The molecule has 12 heavy (non-hydrogen) atoms. The maximum atomic E-state index is 10.6. The minimum atomic E-state index is -0.625. The summed E-state index contributed by atoms with van der Waals surface area (Å²) in [6.45, 7) is 3.41. The quantitative estimate of drug-likeness (QED) is 0.387. The molecule has 0 spiro atoms. The molecule has 68 valence electrons. The number of hydrogen-bond donors (Lipinski definition) is 0. The third-order valence-corrected chi connectivity index (χ3v) is 1.36. The fraction of sp³-hybridized carbons (Fsp3) is 0.429. The normalized spacial score (nSPS) is 12.7. The summed E-state index contributed by atoms with van der Waals surface area (Å²) in [6.07, 6.45) is 1.23. The van der Waals surface area contributed by atoms with Crippen LogP contribution >= 0.6 is 11.9 Å². The lowest BCUT2D eigenvalue weighted by atomic mass is 10.2. The van der Waals surface area contributed by atoms with Crippen LogP contribution in [0.2, 0.25) is 0 Å². The van der Waals surface area contributed by atoms with Crippen molar-refractivity contribution in [2.75, 3.05) is 7.11 Å². The van der Waals surface area contributed by atoms with Gasteiger partial charge in [0.2, 0.25) is 0 Å². The Hall–Kier alpha value is -1.03. The second kappa shape index (κ2) is 5.60. The van der Waals surface area contributed by atoms with Crippen molar-refractivity contribution in [1.29, 1.82) is 0 Å². The van der Waals surface area contributed by atoms with E-state index in [4.69, 9.17) is 11.9 Å². The van der Waals surface area contributed by atoms with Gasteiger partial charge in [0.1, 0.15) is 19.0 Å². The molecule has 0 N–H and O–H groups in total. The lowest BCUT2D eigenvalue weighted by Crippen LogP contribution is -1.99. The van der Waals surface area contributed by atoms with E-state index in [9.17, 15) is 4.79 Å². The Kier molecular flexibility index (Phi) is 5.12. The molecule has 0 radical (unpaired) electrons. The van der Waals surface area contributed by atoms with Gasteiger partial charge < -0.3 is 9.13 Å². The van der Waals surface area contributed by atoms with Gasteiger partial charge in [-0.05, 0) is 19.4 Å². The zero-order valence-electron chi connectivity index (χ0n) is 7.13. The lowest BCUT2D eigenvalue weighted by Gasteiger charge is -1.97. The zero-order valence-corrected chi connectivity index (χ0v) is 7.88. The second-order valence-corrected chi connectivity index (χ2v) is 2.24. The highest BCUT2D eigenvalue weighted by Crippen LogP contribution is 1.98. The highest BCUT2D eigenvalue weighted by molar-refractivity contribution is 6.15. The third kappa shape index (κ3) is 3.98. The van der Waals surface area contributed by atoms with Gasteiger partial charge in [0.25, 0.3) is 0 Å². The SMILES string of the molecule is CO/N=C(C)/C(C)=C/C(=O)OCl. The summed E-state index contributed by atoms with van der Waals surface area (Å²) in [4.78, 5) is 15.1. The zero-order chi connectivity index (χ0) is 9.56. The summed E-state index contributed by atoms with van der Waals surface area (Å²) >= 11 is 4.81. The molecular formula is C7H10ClNO3. The molecule has 0 amide bonds. The van der Waals surface area contributed by atoms with E-state index < -0.39 is 5.97 Å². The molecule has 0 atom stereocenters. The Morgan fingerprint density at radius 2 is 2.08 bits per heavy atom. The Morgan fingerprint density at radius 1 is 1.50 bits per heavy atom. The molecule has 0 unspecified atom stereocenters. The Bertz CT molecular complexity index is 223. The first-order chi connectivity index (χ1) is 5.61. The van der Waals surface area contributed by atoms with Crippen LogP contribution in [0, 0.1) is 0 Å². The van der Waals surface area contributed by atoms with E-state index in [-0.39, 0.29) is 0 Å². The maximum absolute atomic E-state index is 10.6. The Morgan fingerprint density at radius 3 is 2.50 bits per heavy atom. The molecule has 4 nitrogen and oxygen atoms in total. The summed E-state index contributed by atoms with van der Waals surface area (Å²) in [5.41, 5.74) is 1.24. The van der Waals surface area contributed by atoms with Crippen LogP contribution in [0.1, 0.15) is 13.8 Å². The van der Waals surface area contributed by atoms with Crippen LogP contribution in [0.15, 0.2) is 16.8 Å². The molecule has 0 rings (SSSR count). The number of rotatable bonds is 3. The number of nitrogens with zero attached hydrogens (tertiary/aromatic N) is 1. The summed E-state index contributed by atoms with van der Waals surface area (Å²) in [5, 5.41) is 3.61. The number of halogens is 1. The van der Waals surface area contributed by atoms with Crippen molar-refractivity contribution in [3.8, 4) is 0 Å². The van der Waals surface area contributed by atoms with Crippen molar-refractivity contribution in [2.45, 2.75) is 13.8 Å². The number of oxime groups is 1. The highest BCUT2D eigenvalue weighted by atomic mass is 35.5. The molecule has 0 aliphatic rings. The van der Waals surface area contributed by atoms with Crippen molar-refractivity contribution in [3.63, 3.8) is 0 Å². The fourth-order valence-electron chi connectivity index (χ4n) is 0.512. The van der Waals surface area contributed by atoms with E-state index in [1.165, 1.54) is 13.2 Å². The summed E-state index contributed by atoms with van der Waals surface area (Å²) < 4.78 is 3.91. The van der Waals surface area contributed by atoms with E-state index >= 15 is 0 Å². The minimum absolute atomic E-state index is 0.597. The average molecular weight is 192 g/mol. The molecule has 0 aliphatic carbocycles. The predicted molar refractivity (Wildman–Crippen MR) is 45.8 cm³/mol. The van der Waals surface area contributed by atoms with Gasteiger partial charge >= 0.3 is 5.97 Å². The Balaban J connectivity index is 4.37. The van der Waals surface area contributed by atoms with Crippen LogP contribution in [0.5, 0.6) is 0 Å². The van der Waals surface area contributed by atoms with Crippen molar-refractivity contribution >= 4 is 23.5 Å².